The topological polar surface area (TPSA) is 26.0 Å². The number of hydrogen-bond acceptors (Lipinski definition) is 2. The third kappa shape index (κ3) is 2.86. The Bertz CT molecular complexity index is 299. The van der Waals surface area contributed by atoms with Crippen LogP contribution in [-0.2, 0) is 6.42 Å². The lowest BCUT2D eigenvalue weighted by Gasteiger charge is -2.39. The highest BCUT2D eigenvalue weighted by atomic mass is 32.1. The van der Waals surface area contributed by atoms with E-state index in [1.165, 1.54) is 37.0 Å². The highest BCUT2D eigenvalue weighted by Gasteiger charge is 2.32. The standard InChI is InChI=1S/C14H23NS/c1-14(9-3-2-4-10-14)13(15)8-7-12-6-5-11-16-12/h5-6,11,13H,2-4,7-10,15H2,1H3. The van der Waals surface area contributed by atoms with Crippen molar-refractivity contribution < 1.29 is 0 Å². The predicted octanol–water partition coefficient (Wildman–Crippen LogP) is 3.98. The second kappa shape index (κ2) is 5.33. The Morgan fingerprint density at radius 2 is 2.12 bits per heavy atom. The molecule has 0 saturated heterocycles. The van der Waals surface area contributed by atoms with Crippen molar-refractivity contribution in [2.75, 3.05) is 0 Å². The van der Waals surface area contributed by atoms with Gasteiger partial charge in [-0.05, 0) is 42.5 Å². The summed E-state index contributed by atoms with van der Waals surface area (Å²) in [6.45, 7) is 2.39. The average molecular weight is 237 g/mol. The van der Waals surface area contributed by atoms with Gasteiger partial charge in [-0.1, -0.05) is 32.3 Å². The Balaban J connectivity index is 1.84. The van der Waals surface area contributed by atoms with E-state index in [0.29, 0.717) is 11.5 Å². The fourth-order valence-corrected chi connectivity index (χ4v) is 3.56. The molecule has 0 aromatic carbocycles. The van der Waals surface area contributed by atoms with Gasteiger partial charge in [-0.15, -0.1) is 11.3 Å². The van der Waals surface area contributed by atoms with Gasteiger partial charge >= 0.3 is 0 Å². The smallest absolute Gasteiger partial charge is 0.00963 e. The van der Waals surface area contributed by atoms with Crippen molar-refractivity contribution in [3.8, 4) is 0 Å². The maximum Gasteiger partial charge on any atom is 0.00963 e. The number of aryl methyl sites for hydroxylation is 1. The molecule has 1 nitrogen and oxygen atoms in total. The monoisotopic (exact) mass is 237 g/mol. The van der Waals surface area contributed by atoms with Crippen molar-refractivity contribution >= 4 is 11.3 Å². The first-order valence-corrected chi connectivity index (χ1v) is 7.37. The maximum absolute atomic E-state index is 6.40. The molecule has 1 atom stereocenters. The molecule has 1 aromatic rings. The SMILES string of the molecule is CC1(C(N)CCc2cccs2)CCCCC1. The van der Waals surface area contributed by atoms with Crippen molar-refractivity contribution in [3.05, 3.63) is 22.4 Å². The van der Waals surface area contributed by atoms with Gasteiger partial charge in [-0.3, -0.25) is 0 Å². The van der Waals surface area contributed by atoms with Gasteiger partial charge in [0.1, 0.15) is 0 Å². The first-order valence-electron chi connectivity index (χ1n) is 6.49. The summed E-state index contributed by atoms with van der Waals surface area (Å²) in [5.74, 6) is 0. The molecule has 1 unspecified atom stereocenters. The van der Waals surface area contributed by atoms with Gasteiger partial charge < -0.3 is 5.73 Å². The molecule has 1 aliphatic rings. The van der Waals surface area contributed by atoms with Crippen LogP contribution in [0.25, 0.3) is 0 Å². The lowest BCUT2D eigenvalue weighted by atomic mass is 9.70. The van der Waals surface area contributed by atoms with E-state index in [1.807, 2.05) is 11.3 Å². The largest absolute Gasteiger partial charge is 0.327 e. The normalized spacial score (nSPS) is 21.9. The van der Waals surface area contributed by atoms with Gasteiger partial charge in [0.2, 0.25) is 0 Å². The van der Waals surface area contributed by atoms with Crippen LogP contribution in [0, 0.1) is 5.41 Å². The van der Waals surface area contributed by atoms with E-state index >= 15 is 0 Å². The summed E-state index contributed by atoms with van der Waals surface area (Å²) < 4.78 is 0. The molecule has 2 heteroatoms. The fraction of sp³-hybridized carbons (Fsp3) is 0.714. The zero-order valence-electron chi connectivity index (χ0n) is 10.2. The molecule has 1 heterocycles. The van der Waals surface area contributed by atoms with E-state index in [9.17, 15) is 0 Å². The molecule has 0 bridgehead atoms. The number of thiophene rings is 1. The van der Waals surface area contributed by atoms with Crippen molar-refractivity contribution in [2.24, 2.45) is 11.1 Å². The molecule has 1 fully saturated rings. The van der Waals surface area contributed by atoms with E-state index in [2.05, 4.69) is 24.4 Å². The molecule has 0 aliphatic heterocycles. The minimum Gasteiger partial charge on any atom is -0.327 e. The summed E-state index contributed by atoms with van der Waals surface area (Å²) in [5, 5.41) is 2.16. The van der Waals surface area contributed by atoms with E-state index in [-0.39, 0.29) is 0 Å². The highest BCUT2D eigenvalue weighted by Crippen LogP contribution is 2.39. The van der Waals surface area contributed by atoms with Crippen molar-refractivity contribution in [1.82, 2.24) is 0 Å². The van der Waals surface area contributed by atoms with Crippen LogP contribution >= 0.6 is 11.3 Å². The van der Waals surface area contributed by atoms with Crippen LogP contribution in [0.15, 0.2) is 17.5 Å². The summed E-state index contributed by atoms with van der Waals surface area (Å²) >= 11 is 1.85. The van der Waals surface area contributed by atoms with E-state index in [4.69, 9.17) is 5.73 Å². The minimum absolute atomic E-state index is 0.384. The molecular weight excluding hydrogens is 214 g/mol. The van der Waals surface area contributed by atoms with Crippen LogP contribution in [0.5, 0.6) is 0 Å². The van der Waals surface area contributed by atoms with Gasteiger partial charge in [-0.2, -0.15) is 0 Å². The molecule has 0 radical (unpaired) electrons. The molecule has 0 spiro atoms. The Morgan fingerprint density at radius 1 is 1.38 bits per heavy atom. The summed E-state index contributed by atoms with van der Waals surface area (Å²) in [6.07, 6.45) is 9.14. The zero-order chi connectivity index (χ0) is 11.4. The molecule has 16 heavy (non-hydrogen) atoms. The summed E-state index contributed by atoms with van der Waals surface area (Å²) in [5.41, 5.74) is 6.82. The van der Waals surface area contributed by atoms with Crippen molar-refractivity contribution in [2.45, 2.75) is 57.9 Å². The number of nitrogens with two attached hydrogens (primary N) is 1. The van der Waals surface area contributed by atoms with Gasteiger partial charge in [0.25, 0.3) is 0 Å². The van der Waals surface area contributed by atoms with Crippen LogP contribution in [0.3, 0.4) is 0 Å². The first-order chi connectivity index (χ1) is 7.71. The third-order valence-electron chi connectivity index (χ3n) is 4.17. The van der Waals surface area contributed by atoms with E-state index in [0.717, 1.165) is 12.8 Å². The van der Waals surface area contributed by atoms with Crippen LogP contribution in [0.1, 0.15) is 50.3 Å². The Labute approximate surface area is 103 Å². The van der Waals surface area contributed by atoms with Crippen LogP contribution in [0.2, 0.25) is 0 Å². The first kappa shape index (κ1) is 12.1. The molecule has 0 amide bonds. The zero-order valence-corrected chi connectivity index (χ0v) is 11.1. The molecule has 1 aromatic heterocycles. The van der Waals surface area contributed by atoms with Gasteiger partial charge in [0, 0.05) is 10.9 Å². The lowest BCUT2D eigenvalue weighted by Crippen LogP contribution is -2.41. The summed E-state index contributed by atoms with van der Waals surface area (Å²) in [7, 11) is 0. The Morgan fingerprint density at radius 3 is 2.75 bits per heavy atom. The molecule has 90 valence electrons. The van der Waals surface area contributed by atoms with Crippen molar-refractivity contribution in [1.29, 1.82) is 0 Å². The average Bonchev–Trinajstić information content (AvgIpc) is 2.79. The predicted molar refractivity (Wildman–Crippen MR) is 71.8 cm³/mol. The minimum atomic E-state index is 0.384. The fourth-order valence-electron chi connectivity index (χ4n) is 2.83. The molecule has 1 aliphatic carbocycles. The van der Waals surface area contributed by atoms with Gasteiger partial charge in [0.05, 0.1) is 0 Å². The van der Waals surface area contributed by atoms with Crippen LogP contribution in [-0.4, -0.2) is 6.04 Å². The summed E-state index contributed by atoms with van der Waals surface area (Å²) in [4.78, 5) is 1.48. The Hall–Kier alpha value is -0.340. The van der Waals surface area contributed by atoms with Gasteiger partial charge in [-0.25, -0.2) is 0 Å². The van der Waals surface area contributed by atoms with Crippen LogP contribution in [0.4, 0.5) is 0 Å². The summed E-state index contributed by atoms with van der Waals surface area (Å²) in [6, 6.07) is 4.74. The molecule has 2 rings (SSSR count). The molecule has 2 N–H and O–H groups in total. The second-order valence-electron chi connectivity index (χ2n) is 5.44. The quantitative estimate of drug-likeness (QED) is 0.842. The van der Waals surface area contributed by atoms with E-state index in [1.54, 1.807) is 0 Å². The van der Waals surface area contributed by atoms with Gasteiger partial charge in [0.15, 0.2) is 0 Å². The second-order valence-corrected chi connectivity index (χ2v) is 6.47. The highest BCUT2D eigenvalue weighted by molar-refractivity contribution is 7.09. The Kier molecular flexibility index (Phi) is 4.04. The lowest BCUT2D eigenvalue weighted by molar-refractivity contribution is 0.163. The number of rotatable bonds is 4. The van der Waals surface area contributed by atoms with Crippen LogP contribution < -0.4 is 5.73 Å². The third-order valence-corrected chi connectivity index (χ3v) is 5.11. The van der Waals surface area contributed by atoms with E-state index < -0.39 is 0 Å². The molecular formula is C14H23NS. The number of hydrogen-bond donors (Lipinski definition) is 1. The maximum atomic E-state index is 6.40. The van der Waals surface area contributed by atoms with Crippen molar-refractivity contribution in [3.63, 3.8) is 0 Å². The molecule has 1 saturated carbocycles.